The molecule has 0 saturated carbocycles. The van der Waals surface area contributed by atoms with Crippen molar-refractivity contribution in [3.63, 3.8) is 0 Å². The SMILES string of the molecule is Cc1cc(C(O)(C(C)c2ccc(Oc3ccc(C(=O)O)nc3)cc2Cl)C(F)(F)F)cc(Cl)n1. The average molecular weight is 501 g/mol. The molecule has 0 spiro atoms. The van der Waals surface area contributed by atoms with Crippen molar-refractivity contribution in [1.29, 1.82) is 0 Å². The molecule has 2 heterocycles. The van der Waals surface area contributed by atoms with Crippen molar-refractivity contribution >= 4 is 29.2 Å². The number of aryl methyl sites for hydroxylation is 1. The number of ether oxygens (including phenoxy) is 1. The summed E-state index contributed by atoms with van der Waals surface area (Å²) in [5.74, 6) is -2.34. The maximum atomic E-state index is 14.1. The van der Waals surface area contributed by atoms with Crippen LogP contribution in [0.1, 0.15) is 40.2 Å². The molecule has 0 bridgehead atoms. The molecular formula is C22H17Cl2F3N2O4. The largest absolute Gasteiger partial charge is 0.477 e. The minimum Gasteiger partial charge on any atom is -0.477 e. The normalized spacial score (nSPS) is 14.4. The van der Waals surface area contributed by atoms with Gasteiger partial charge in [-0.25, -0.2) is 14.8 Å². The summed E-state index contributed by atoms with van der Waals surface area (Å²) in [6.07, 6.45) is -3.87. The van der Waals surface area contributed by atoms with Gasteiger partial charge in [-0.2, -0.15) is 13.2 Å². The van der Waals surface area contributed by atoms with E-state index in [2.05, 4.69) is 9.97 Å². The summed E-state index contributed by atoms with van der Waals surface area (Å²) in [5, 5.41) is 19.6. The highest BCUT2D eigenvalue weighted by Crippen LogP contribution is 2.50. The van der Waals surface area contributed by atoms with Crippen LogP contribution in [0.4, 0.5) is 13.2 Å². The van der Waals surface area contributed by atoms with Gasteiger partial charge in [0.25, 0.3) is 0 Å². The fraction of sp³-hybridized carbons (Fsp3) is 0.227. The van der Waals surface area contributed by atoms with Gasteiger partial charge in [-0.1, -0.05) is 36.2 Å². The molecule has 2 aromatic heterocycles. The second kappa shape index (κ2) is 9.17. The predicted molar refractivity (Wildman–Crippen MR) is 115 cm³/mol. The molecule has 0 saturated heterocycles. The third kappa shape index (κ3) is 5.05. The van der Waals surface area contributed by atoms with E-state index in [1.807, 2.05) is 0 Å². The first-order valence-electron chi connectivity index (χ1n) is 9.43. The molecule has 3 aromatic rings. The Kier molecular flexibility index (Phi) is 6.88. The third-order valence-electron chi connectivity index (χ3n) is 5.05. The Morgan fingerprint density at radius 1 is 1.09 bits per heavy atom. The highest BCUT2D eigenvalue weighted by molar-refractivity contribution is 6.31. The Bertz CT molecular complexity index is 1170. The minimum atomic E-state index is -5.06. The maximum absolute atomic E-state index is 14.1. The van der Waals surface area contributed by atoms with Gasteiger partial charge in [-0.15, -0.1) is 0 Å². The molecule has 2 atom stereocenters. The summed E-state index contributed by atoms with van der Waals surface area (Å²) >= 11 is 12.1. The standard InChI is InChI=1S/C22H17Cl2F3N2O4/c1-11-7-13(8-19(24)29-11)21(32,22(25,26)27)12(2)16-5-3-14(9-17(16)23)33-15-4-6-18(20(30)31)28-10-15/h3-10,12,32H,1-2H3,(H,30,31). The lowest BCUT2D eigenvalue weighted by atomic mass is 9.78. The van der Waals surface area contributed by atoms with Crippen LogP contribution < -0.4 is 4.74 Å². The Balaban J connectivity index is 1.96. The molecule has 0 aliphatic rings. The van der Waals surface area contributed by atoms with E-state index in [0.717, 1.165) is 12.1 Å². The molecule has 0 amide bonds. The van der Waals surface area contributed by atoms with E-state index in [4.69, 9.17) is 33.0 Å². The van der Waals surface area contributed by atoms with Crippen molar-refractivity contribution in [2.75, 3.05) is 0 Å². The van der Waals surface area contributed by atoms with Crippen molar-refractivity contribution in [2.45, 2.75) is 31.5 Å². The Labute approximate surface area is 196 Å². The van der Waals surface area contributed by atoms with Crippen LogP contribution in [0.25, 0.3) is 0 Å². The fourth-order valence-corrected chi connectivity index (χ4v) is 3.94. The molecule has 11 heteroatoms. The highest BCUT2D eigenvalue weighted by Gasteiger charge is 2.59. The lowest BCUT2D eigenvalue weighted by Crippen LogP contribution is -2.46. The van der Waals surface area contributed by atoms with Gasteiger partial charge < -0.3 is 14.9 Å². The Hall–Kier alpha value is -2.88. The van der Waals surface area contributed by atoms with E-state index in [1.165, 1.54) is 50.4 Å². The van der Waals surface area contributed by atoms with Gasteiger partial charge >= 0.3 is 12.1 Å². The van der Waals surface area contributed by atoms with Gasteiger partial charge in [0, 0.05) is 16.6 Å². The quantitative estimate of drug-likeness (QED) is 0.395. The van der Waals surface area contributed by atoms with Crippen LogP contribution in [-0.4, -0.2) is 32.3 Å². The molecule has 33 heavy (non-hydrogen) atoms. The monoisotopic (exact) mass is 500 g/mol. The van der Waals surface area contributed by atoms with Crippen molar-refractivity contribution in [2.24, 2.45) is 0 Å². The summed E-state index contributed by atoms with van der Waals surface area (Å²) in [6.45, 7) is 2.67. The number of carbonyl (C=O) groups is 1. The van der Waals surface area contributed by atoms with Gasteiger partial charge in [0.1, 0.15) is 22.3 Å². The Morgan fingerprint density at radius 3 is 2.27 bits per heavy atom. The van der Waals surface area contributed by atoms with Crippen molar-refractivity contribution in [1.82, 2.24) is 9.97 Å². The van der Waals surface area contributed by atoms with Crippen LogP contribution in [0.15, 0.2) is 48.7 Å². The van der Waals surface area contributed by atoms with E-state index in [-0.39, 0.29) is 38.6 Å². The number of aromatic nitrogens is 2. The number of benzene rings is 1. The number of rotatable bonds is 6. The van der Waals surface area contributed by atoms with Crippen molar-refractivity contribution < 1.29 is 32.9 Å². The molecule has 174 valence electrons. The van der Waals surface area contributed by atoms with Gasteiger partial charge in [0.15, 0.2) is 5.60 Å². The molecule has 0 aliphatic heterocycles. The van der Waals surface area contributed by atoms with Gasteiger partial charge in [0.05, 0.1) is 6.20 Å². The van der Waals surface area contributed by atoms with E-state index in [9.17, 15) is 23.1 Å². The van der Waals surface area contributed by atoms with E-state index >= 15 is 0 Å². The number of carboxylic acid groups (broad SMARTS) is 1. The zero-order valence-corrected chi connectivity index (χ0v) is 18.7. The molecule has 0 fully saturated rings. The number of aromatic carboxylic acids is 1. The number of nitrogens with zero attached hydrogens (tertiary/aromatic N) is 2. The predicted octanol–water partition coefficient (Wildman–Crippen LogP) is 6.14. The van der Waals surface area contributed by atoms with Gasteiger partial charge in [-0.05, 0) is 54.4 Å². The van der Waals surface area contributed by atoms with Crippen LogP contribution in [0, 0.1) is 6.92 Å². The highest BCUT2D eigenvalue weighted by atomic mass is 35.5. The third-order valence-corrected chi connectivity index (χ3v) is 5.57. The summed E-state index contributed by atoms with van der Waals surface area (Å²) < 4.78 is 48.0. The number of carboxylic acids is 1. The number of halogens is 5. The summed E-state index contributed by atoms with van der Waals surface area (Å²) in [4.78, 5) is 18.4. The van der Waals surface area contributed by atoms with Crippen LogP contribution in [0.3, 0.4) is 0 Å². The molecule has 1 aromatic carbocycles. The summed E-state index contributed by atoms with van der Waals surface area (Å²) in [7, 11) is 0. The molecule has 2 unspecified atom stereocenters. The molecule has 6 nitrogen and oxygen atoms in total. The number of aliphatic hydroxyl groups is 1. The fourth-order valence-electron chi connectivity index (χ4n) is 3.36. The van der Waals surface area contributed by atoms with E-state index in [0.29, 0.717) is 0 Å². The van der Waals surface area contributed by atoms with E-state index < -0.39 is 29.2 Å². The van der Waals surface area contributed by atoms with Crippen molar-refractivity contribution in [3.05, 3.63) is 81.4 Å². The van der Waals surface area contributed by atoms with Crippen LogP contribution >= 0.6 is 23.2 Å². The lowest BCUT2D eigenvalue weighted by Gasteiger charge is -2.37. The summed E-state index contributed by atoms with van der Waals surface area (Å²) in [5.41, 5.74) is -3.70. The topological polar surface area (TPSA) is 92.5 Å². The number of alkyl halides is 3. The molecule has 3 rings (SSSR count). The molecule has 0 aliphatic carbocycles. The second-order valence-corrected chi connectivity index (χ2v) is 8.07. The number of hydrogen-bond donors (Lipinski definition) is 2. The van der Waals surface area contributed by atoms with E-state index in [1.54, 1.807) is 0 Å². The number of hydrogen-bond acceptors (Lipinski definition) is 5. The Morgan fingerprint density at radius 2 is 1.76 bits per heavy atom. The minimum absolute atomic E-state index is 0.0220. The zero-order valence-electron chi connectivity index (χ0n) is 17.2. The maximum Gasteiger partial charge on any atom is 0.422 e. The average Bonchev–Trinajstić information content (AvgIpc) is 2.71. The molecule has 0 radical (unpaired) electrons. The lowest BCUT2D eigenvalue weighted by molar-refractivity contribution is -0.274. The molecular weight excluding hydrogens is 484 g/mol. The first kappa shape index (κ1) is 24.8. The van der Waals surface area contributed by atoms with Gasteiger partial charge in [0.2, 0.25) is 0 Å². The first-order valence-corrected chi connectivity index (χ1v) is 10.2. The summed E-state index contributed by atoms with van der Waals surface area (Å²) in [6, 6.07) is 8.69. The van der Waals surface area contributed by atoms with Crippen LogP contribution in [-0.2, 0) is 5.60 Å². The zero-order chi connectivity index (χ0) is 24.6. The smallest absolute Gasteiger partial charge is 0.422 e. The van der Waals surface area contributed by atoms with Crippen molar-refractivity contribution in [3.8, 4) is 11.5 Å². The first-order chi connectivity index (χ1) is 15.3. The van der Waals surface area contributed by atoms with Gasteiger partial charge in [-0.3, -0.25) is 0 Å². The second-order valence-electron chi connectivity index (χ2n) is 7.28. The number of pyridine rings is 2. The molecule has 2 N–H and O–H groups in total. The van der Waals surface area contributed by atoms with Crippen LogP contribution in [0.5, 0.6) is 11.5 Å². The van der Waals surface area contributed by atoms with Crippen LogP contribution in [0.2, 0.25) is 10.2 Å².